The zero-order valence-corrected chi connectivity index (χ0v) is 19.5. The van der Waals surface area contributed by atoms with Crippen LogP contribution >= 0.6 is 0 Å². The molecule has 2 unspecified atom stereocenters. The summed E-state index contributed by atoms with van der Waals surface area (Å²) in [7, 11) is 0. The first kappa shape index (κ1) is 25.5. The van der Waals surface area contributed by atoms with Crippen LogP contribution in [0.3, 0.4) is 0 Å². The topological polar surface area (TPSA) is 105 Å². The fourth-order valence-electron chi connectivity index (χ4n) is 4.73. The van der Waals surface area contributed by atoms with E-state index in [1.165, 1.54) is 12.1 Å². The molecular formula is C25H27F3N4O4. The molecule has 8 nitrogen and oxygen atoms in total. The van der Waals surface area contributed by atoms with Crippen molar-refractivity contribution in [3.8, 4) is 0 Å². The van der Waals surface area contributed by atoms with E-state index < -0.39 is 41.8 Å². The molecular weight excluding hydrogens is 477 g/mol. The number of nitrogens with one attached hydrogen (secondary N) is 1. The lowest BCUT2D eigenvalue weighted by molar-refractivity contribution is -0.125. The summed E-state index contributed by atoms with van der Waals surface area (Å²) in [6.07, 6.45) is -0.140. The van der Waals surface area contributed by atoms with Crippen LogP contribution < -0.4 is 11.1 Å². The molecule has 11 heteroatoms. The largest absolute Gasteiger partial charge is 0.433 e. The fourth-order valence-corrected chi connectivity index (χ4v) is 4.73. The number of cyclic esters (lactones) is 1. The Labute approximate surface area is 206 Å². The van der Waals surface area contributed by atoms with Crippen molar-refractivity contribution in [1.82, 2.24) is 15.1 Å². The Kier molecular flexibility index (Phi) is 7.78. The van der Waals surface area contributed by atoms with Gasteiger partial charge in [0, 0.05) is 6.54 Å². The van der Waals surface area contributed by atoms with Gasteiger partial charge in [0.2, 0.25) is 6.10 Å². The zero-order chi connectivity index (χ0) is 25.8. The number of amides is 4. The standard InChI is InChI=1S/C25H27F3N4O4/c26-18-5-2-15(3-6-18)16-8-12-31(13-9-16)11-1-10-30-24(34)32-21(22(23(29)33)36-25(32)35)17-4-7-19(27)20(28)14-17/h2-7,14,16,21-22H,1,8-13H2,(H2,29,33)(H,30,34). The van der Waals surface area contributed by atoms with Crippen molar-refractivity contribution in [2.45, 2.75) is 37.3 Å². The smallest absolute Gasteiger partial charge is 0.419 e. The Hall–Kier alpha value is -3.60. The molecule has 0 bridgehead atoms. The predicted octanol–water partition coefficient (Wildman–Crippen LogP) is 3.43. The average molecular weight is 505 g/mol. The number of likely N-dealkylation sites (tertiary alicyclic amines) is 1. The summed E-state index contributed by atoms with van der Waals surface area (Å²) < 4.78 is 45.3. The number of piperidine rings is 1. The summed E-state index contributed by atoms with van der Waals surface area (Å²) in [4.78, 5) is 39.9. The Balaban J connectivity index is 1.29. The van der Waals surface area contributed by atoms with Crippen LogP contribution in [-0.4, -0.2) is 60.1 Å². The van der Waals surface area contributed by atoms with E-state index in [-0.39, 0.29) is 17.9 Å². The van der Waals surface area contributed by atoms with E-state index in [1.807, 2.05) is 12.1 Å². The van der Waals surface area contributed by atoms with Crippen molar-refractivity contribution in [3.63, 3.8) is 0 Å². The van der Waals surface area contributed by atoms with Crippen LogP contribution in [0.1, 0.15) is 42.3 Å². The SMILES string of the molecule is NC(=O)C1OC(=O)N(C(=O)NCCCN2CCC(c3ccc(F)cc3)CC2)C1c1ccc(F)c(F)c1. The van der Waals surface area contributed by atoms with Crippen LogP contribution in [0.15, 0.2) is 42.5 Å². The van der Waals surface area contributed by atoms with Gasteiger partial charge in [0.25, 0.3) is 5.91 Å². The molecule has 0 radical (unpaired) electrons. The number of carbonyl (C=O) groups is 3. The molecule has 2 aromatic carbocycles. The first-order valence-electron chi connectivity index (χ1n) is 11.7. The molecule has 2 fully saturated rings. The van der Waals surface area contributed by atoms with E-state index in [9.17, 15) is 27.6 Å². The van der Waals surface area contributed by atoms with Crippen LogP contribution in [0.5, 0.6) is 0 Å². The predicted molar refractivity (Wildman–Crippen MR) is 123 cm³/mol. The van der Waals surface area contributed by atoms with E-state index in [1.54, 1.807) is 0 Å². The van der Waals surface area contributed by atoms with E-state index in [2.05, 4.69) is 10.2 Å². The molecule has 2 heterocycles. The van der Waals surface area contributed by atoms with Crippen LogP contribution in [0.2, 0.25) is 0 Å². The third-order valence-corrected chi connectivity index (χ3v) is 6.63. The molecule has 4 rings (SSSR count). The number of carbonyl (C=O) groups excluding carboxylic acids is 3. The van der Waals surface area contributed by atoms with Crippen molar-refractivity contribution in [1.29, 1.82) is 0 Å². The van der Waals surface area contributed by atoms with Gasteiger partial charge in [0.15, 0.2) is 11.6 Å². The second-order valence-corrected chi connectivity index (χ2v) is 8.95. The number of imide groups is 1. The highest BCUT2D eigenvalue weighted by molar-refractivity contribution is 5.96. The number of hydrogen-bond donors (Lipinski definition) is 2. The number of nitrogens with two attached hydrogens (primary N) is 1. The molecule has 2 aliphatic heterocycles. The Bertz CT molecular complexity index is 1120. The van der Waals surface area contributed by atoms with Gasteiger partial charge in [0.1, 0.15) is 11.9 Å². The molecule has 0 saturated carbocycles. The molecule has 2 aliphatic rings. The van der Waals surface area contributed by atoms with Gasteiger partial charge in [-0.05, 0) is 80.2 Å². The third kappa shape index (κ3) is 5.62. The Morgan fingerprint density at radius 2 is 1.67 bits per heavy atom. The number of urea groups is 1. The molecule has 192 valence electrons. The molecule has 0 spiro atoms. The number of halogens is 3. The monoisotopic (exact) mass is 504 g/mol. The van der Waals surface area contributed by atoms with Crippen LogP contribution in [0, 0.1) is 17.5 Å². The van der Waals surface area contributed by atoms with Crippen molar-refractivity contribution in [2.75, 3.05) is 26.2 Å². The number of rotatable bonds is 7. The van der Waals surface area contributed by atoms with Gasteiger partial charge < -0.3 is 20.7 Å². The van der Waals surface area contributed by atoms with Crippen LogP contribution in [0.4, 0.5) is 22.8 Å². The van der Waals surface area contributed by atoms with Gasteiger partial charge in [-0.3, -0.25) is 4.79 Å². The third-order valence-electron chi connectivity index (χ3n) is 6.63. The van der Waals surface area contributed by atoms with Crippen molar-refractivity contribution in [3.05, 3.63) is 71.0 Å². The van der Waals surface area contributed by atoms with Gasteiger partial charge >= 0.3 is 12.1 Å². The maximum Gasteiger partial charge on any atom is 0.419 e. The summed E-state index contributed by atoms with van der Waals surface area (Å²) in [6.45, 7) is 2.70. The van der Waals surface area contributed by atoms with Crippen molar-refractivity contribution < 1.29 is 32.3 Å². The maximum atomic E-state index is 13.8. The molecule has 2 aromatic rings. The molecule has 0 aliphatic carbocycles. The molecule has 4 amide bonds. The maximum absolute atomic E-state index is 13.8. The first-order chi connectivity index (χ1) is 17.2. The van der Waals surface area contributed by atoms with Gasteiger partial charge in [-0.2, -0.15) is 0 Å². The first-order valence-corrected chi connectivity index (χ1v) is 11.7. The van der Waals surface area contributed by atoms with E-state index >= 15 is 0 Å². The van der Waals surface area contributed by atoms with Crippen molar-refractivity contribution >= 4 is 18.0 Å². The summed E-state index contributed by atoms with van der Waals surface area (Å²) in [6, 6.07) is 7.25. The average Bonchev–Trinajstić information content (AvgIpc) is 3.22. The van der Waals surface area contributed by atoms with E-state index in [0.717, 1.165) is 56.2 Å². The Morgan fingerprint density at radius 1 is 1.00 bits per heavy atom. The van der Waals surface area contributed by atoms with Gasteiger partial charge in [-0.15, -0.1) is 0 Å². The second kappa shape index (κ2) is 11.0. The Morgan fingerprint density at radius 3 is 2.31 bits per heavy atom. The minimum Gasteiger partial charge on any atom is -0.433 e. The normalized spacial score (nSPS) is 20.9. The number of hydrogen-bond acceptors (Lipinski definition) is 5. The number of benzene rings is 2. The second-order valence-electron chi connectivity index (χ2n) is 8.95. The number of nitrogens with zero attached hydrogens (tertiary/aromatic N) is 2. The highest BCUT2D eigenvalue weighted by Gasteiger charge is 2.49. The van der Waals surface area contributed by atoms with Crippen LogP contribution in [0.25, 0.3) is 0 Å². The van der Waals surface area contributed by atoms with E-state index in [4.69, 9.17) is 10.5 Å². The minimum absolute atomic E-state index is 0.00252. The summed E-state index contributed by atoms with van der Waals surface area (Å²) >= 11 is 0. The lowest BCUT2D eigenvalue weighted by Crippen LogP contribution is -2.45. The van der Waals surface area contributed by atoms with Crippen molar-refractivity contribution in [2.24, 2.45) is 5.73 Å². The molecule has 2 saturated heterocycles. The molecule has 36 heavy (non-hydrogen) atoms. The summed E-state index contributed by atoms with van der Waals surface area (Å²) in [5, 5.41) is 2.62. The molecule has 2 atom stereocenters. The number of ether oxygens (including phenoxy) is 1. The summed E-state index contributed by atoms with van der Waals surface area (Å²) in [5.41, 5.74) is 6.44. The minimum atomic E-state index is -1.53. The lowest BCUT2D eigenvalue weighted by atomic mass is 9.89. The molecule has 3 N–H and O–H groups in total. The highest BCUT2D eigenvalue weighted by Crippen LogP contribution is 2.34. The van der Waals surface area contributed by atoms with Gasteiger partial charge in [-0.1, -0.05) is 18.2 Å². The molecule has 0 aromatic heterocycles. The summed E-state index contributed by atoms with van der Waals surface area (Å²) in [5.74, 6) is -3.19. The van der Waals surface area contributed by atoms with Gasteiger partial charge in [-0.25, -0.2) is 27.7 Å². The van der Waals surface area contributed by atoms with Gasteiger partial charge in [0.05, 0.1) is 0 Å². The number of primary amides is 1. The zero-order valence-electron chi connectivity index (χ0n) is 19.5. The van der Waals surface area contributed by atoms with E-state index in [0.29, 0.717) is 17.2 Å². The lowest BCUT2D eigenvalue weighted by Gasteiger charge is -2.32. The highest BCUT2D eigenvalue weighted by atomic mass is 19.2. The fraction of sp³-hybridized carbons (Fsp3) is 0.400. The quantitative estimate of drug-likeness (QED) is 0.563. The van der Waals surface area contributed by atoms with Crippen LogP contribution in [-0.2, 0) is 9.53 Å².